The summed E-state index contributed by atoms with van der Waals surface area (Å²) in [6, 6.07) is 7.21. The Balaban J connectivity index is 2.08. The number of para-hydroxylation sites is 1. The summed E-state index contributed by atoms with van der Waals surface area (Å²) in [6.45, 7) is 3.80. The first-order valence-electron chi connectivity index (χ1n) is 6.66. The molecule has 1 aromatic heterocycles. The van der Waals surface area contributed by atoms with E-state index in [-0.39, 0.29) is 6.54 Å². The lowest BCUT2D eigenvalue weighted by Crippen LogP contribution is -2.43. The van der Waals surface area contributed by atoms with Gasteiger partial charge in [-0.2, -0.15) is 0 Å². The van der Waals surface area contributed by atoms with E-state index in [1.54, 1.807) is 13.8 Å². The average Bonchev–Trinajstić information content (AvgIpc) is 2.82. The Kier molecular flexibility index (Phi) is 4.11. The highest BCUT2D eigenvalue weighted by atomic mass is 16.6. The van der Waals surface area contributed by atoms with Crippen molar-refractivity contribution >= 4 is 16.9 Å². The van der Waals surface area contributed by atoms with E-state index in [9.17, 15) is 4.79 Å². The van der Waals surface area contributed by atoms with E-state index in [1.165, 1.54) is 0 Å². The summed E-state index contributed by atoms with van der Waals surface area (Å²) < 4.78 is 5.31. The number of benzene rings is 1. The Hall–Kier alpha value is -1.85. The topological polar surface area (TPSA) is 94.1 Å². The molecule has 2 aromatic rings. The number of hydrogen-bond donors (Lipinski definition) is 3. The number of aromatic nitrogens is 1. The number of nitrogens with one attached hydrogen (secondary N) is 1. The van der Waals surface area contributed by atoms with Crippen LogP contribution < -0.4 is 11.5 Å². The molecule has 5 N–H and O–H groups in total. The van der Waals surface area contributed by atoms with Gasteiger partial charge in [0, 0.05) is 30.1 Å². The van der Waals surface area contributed by atoms with Crippen LogP contribution in [-0.4, -0.2) is 29.1 Å². The summed E-state index contributed by atoms with van der Waals surface area (Å²) in [5.74, 6) is -0.425. The van der Waals surface area contributed by atoms with Crippen LogP contribution in [0.25, 0.3) is 10.9 Å². The highest BCUT2D eigenvalue weighted by molar-refractivity contribution is 5.84. The first-order valence-corrected chi connectivity index (χ1v) is 6.66. The maximum atomic E-state index is 12.0. The number of aromatic amines is 1. The Bertz CT molecular complexity index is 604. The molecule has 0 fully saturated rings. The molecule has 5 heteroatoms. The zero-order valence-electron chi connectivity index (χ0n) is 11.8. The van der Waals surface area contributed by atoms with Crippen LogP contribution in [0.1, 0.15) is 19.4 Å². The first-order chi connectivity index (χ1) is 9.43. The maximum Gasteiger partial charge on any atom is 0.323 e. The van der Waals surface area contributed by atoms with Crippen molar-refractivity contribution in [3.05, 3.63) is 36.0 Å². The van der Waals surface area contributed by atoms with Gasteiger partial charge in [0.2, 0.25) is 0 Å². The zero-order valence-corrected chi connectivity index (χ0v) is 11.8. The van der Waals surface area contributed by atoms with Gasteiger partial charge in [0.15, 0.2) is 0 Å². The predicted octanol–water partition coefficient (Wildman–Crippen LogP) is 1.32. The molecular weight excluding hydrogens is 254 g/mol. The van der Waals surface area contributed by atoms with E-state index >= 15 is 0 Å². The van der Waals surface area contributed by atoms with Gasteiger partial charge in [-0.3, -0.25) is 4.79 Å². The van der Waals surface area contributed by atoms with Gasteiger partial charge in [-0.1, -0.05) is 18.2 Å². The second-order valence-corrected chi connectivity index (χ2v) is 5.56. The summed E-state index contributed by atoms with van der Waals surface area (Å²) in [4.78, 5) is 15.1. The van der Waals surface area contributed by atoms with Crippen molar-refractivity contribution in [1.82, 2.24) is 4.98 Å². The lowest BCUT2D eigenvalue weighted by Gasteiger charge is -2.24. The van der Waals surface area contributed by atoms with Crippen LogP contribution in [0.15, 0.2) is 30.5 Å². The molecule has 0 aliphatic rings. The molecule has 2 rings (SSSR count). The van der Waals surface area contributed by atoms with Crippen molar-refractivity contribution in [1.29, 1.82) is 0 Å². The number of carbonyl (C=O) groups is 1. The fourth-order valence-electron chi connectivity index (χ4n) is 2.01. The number of carbonyl (C=O) groups excluding carboxylic acids is 1. The summed E-state index contributed by atoms with van der Waals surface area (Å²) in [5.41, 5.74) is 12.8. The van der Waals surface area contributed by atoms with E-state index in [2.05, 4.69) is 4.98 Å². The standard InChI is InChI=1S/C15H21N3O2/c1-15(2,9-16)20-14(19)12(17)7-10-8-18-13-6-4-3-5-11(10)13/h3-6,8,12,18H,7,9,16-17H2,1-2H3/t12-/m0/s1. The summed E-state index contributed by atoms with van der Waals surface area (Å²) >= 11 is 0. The molecule has 20 heavy (non-hydrogen) atoms. The van der Waals surface area contributed by atoms with Crippen LogP contribution in [0.4, 0.5) is 0 Å². The van der Waals surface area contributed by atoms with Gasteiger partial charge >= 0.3 is 5.97 Å². The highest BCUT2D eigenvalue weighted by Gasteiger charge is 2.25. The molecule has 0 spiro atoms. The Morgan fingerprint density at radius 1 is 1.40 bits per heavy atom. The predicted molar refractivity (Wildman–Crippen MR) is 79.2 cm³/mol. The maximum absolute atomic E-state index is 12.0. The Morgan fingerprint density at radius 2 is 2.10 bits per heavy atom. The van der Waals surface area contributed by atoms with E-state index in [4.69, 9.17) is 16.2 Å². The Labute approximate surface area is 118 Å². The quantitative estimate of drug-likeness (QED) is 0.717. The zero-order chi connectivity index (χ0) is 14.8. The van der Waals surface area contributed by atoms with Crippen molar-refractivity contribution in [3.8, 4) is 0 Å². The lowest BCUT2D eigenvalue weighted by molar-refractivity contribution is -0.157. The van der Waals surface area contributed by atoms with E-state index in [0.29, 0.717) is 6.42 Å². The van der Waals surface area contributed by atoms with E-state index < -0.39 is 17.6 Å². The van der Waals surface area contributed by atoms with Crippen LogP contribution in [0.5, 0.6) is 0 Å². The first kappa shape index (κ1) is 14.6. The molecule has 0 amide bonds. The fourth-order valence-corrected chi connectivity index (χ4v) is 2.01. The van der Waals surface area contributed by atoms with Crippen molar-refractivity contribution in [2.75, 3.05) is 6.54 Å². The summed E-state index contributed by atoms with van der Waals surface area (Å²) in [7, 11) is 0. The second-order valence-electron chi connectivity index (χ2n) is 5.56. The fraction of sp³-hybridized carbons (Fsp3) is 0.400. The SMILES string of the molecule is CC(C)(CN)OC(=O)[C@@H](N)Cc1c[nH]c2ccccc12. The monoisotopic (exact) mass is 275 g/mol. The molecule has 0 aliphatic carbocycles. The summed E-state index contributed by atoms with van der Waals surface area (Å²) in [6.07, 6.45) is 2.31. The van der Waals surface area contributed by atoms with Gasteiger partial charge in [0.25, 0.3) is 0 Å². The largest absolute Gasteiger partial charge is 0.457 e. The van der Waals surface area contributed by atoms with E-state index in [1.807, 2.05) is 30.5 Å². The molecule has 1 atom stereocenters. The molecule has 0 bridgehead atoms. The van der Waals surface area contributed by atoms with Gasteiger partial charge in [0.05, 0.1) is 0 Å². The molecule has 1 aromatic carbocycles. The van der Waals surface area contributed by atoms with Crippen LogP contribution in [0.3, 0.4) is 0 Å². The number of hydrogen-bond acceptors (Lipinski definition) is 4. The Morgan fingerprint density at radius 3 is 2.80 bits per heavy atom. The van der Waals surface area contributed by atoms with Gasteiger partial charge in [-0.05, 0) is 25.5 Å². The number of esters is 1. The molecule has 5 nitrogen and oxygen atoms in total. The number of nitrogens with two attached hydrogens (primary N) is 2. The van der Waals surface area contributed by atoms with E-state index in [0.717, 1.165) is 16.5 Å². The second kappa shape index (κ2) is 5.64. The molecule has 0 radical (unpaired) electrons. The normalized spacial score (nSPS) is 13.4. The smallest absolute Gasteiger partial charge is 0.323 e. The molecule has 1 heterocycles. The van der Waals surface area contributed by atoms with Crippen LogP contribution in [0, 0.1) is 0 Å². The average molecular weight is 275 g/mol. The molecule has 0 saturated carbocycles. The van der Waals surface area contributed by atoms with Crippen molar-refractivity contribution < 1.29 is 9.53 Å². The van der Waals surface area contributed by atoms with Crippen LogP contribution in [0.2, 0.25) is 0 Å². The van der Waals surface area contributed by atoms with Crippen molar-refractivity contribution in [3.63, 3.8) is 0 Å². The number of H-pyrrole nitrogens is 1. The third-order valence-electron chi connectivity index (χ3n) is 3.29. The minimum atomic E-state index is -0.694. The number of rotatable bonds is 5. The van der Waals surface area contributed by atoms with Gasteiger partial charge < -0.3 is 21.2 Å². The summed E-state index contributed by atoms with van der Waals surface area (Å²) in [5, 5.41) is 1.08. The van der Waals surface area contributed by atoms with Gasteiger partial charge in [-0.15, -0.1) is 0 Å². The number of ether oxygens (including phenoxy) is 1. The third kappa shape index (κ3) is 3.18. The molecular formula is C15H21N3O2. The van der Waals surface area contributed by atoms with Crippen molar-refractivity contribution in [2.45, 2.75) is 31.9 Å². The van der Waals surface area contributed by atoms with Crippen LogP contribution in [-0.2, 0) is 16.0 Å². The van der Waals surface area contributed by atoms with Gasteiger partial charge in [-0.25, -0.2) is 0 Å². The molecule has 0 unspecified atom stereocenters. The van der Waals surface area contributed by atoms with Gasteiger partial charge in [0.1, 0.15) is 11.6 Å². The minimum Gasteiger partial charge on any atom is -0.457 e. The molecule has 0 aliphatic heterocycles. The third-order valence-corrected chi connectivity index (χ3v) is 3.29. The van der Waals surface area contributed by atoms with Crippen molar-refractivity contribution in [2.24, 2.45) is 11.5 Å². The number of fused-ring (bicyclic) bond motifs is 1. The van der Waals surface area contributed by atoms with Crippen LogP contribution >= 0.6 is 0 Å². The minimum absolute atomic E-state index is 0.262. The molecule has 108 valence electrons. The lowest BCUT2D eigenvalue weighted by atomic mass is 10.1. The molecule has 0 saturated heterocycles. The highest BCUT2D eigenvalue weighted by Crippen LogP contribution is 2.19.